The SMILES string of the molecule is COc1ccc(OC(=S)Nc2cc(B(O)O)c(Cl)cc2Cl)cc1.O=C(Nc1ccccc1)Nc1cccc(B(O)O)c1Cl. The van der Waals surface area contributed by atoms with Crippen LogP contribution in [0.1, 0.15) is 0 Å². The molecule has 0 unspecified atom stereocenters. The number of halogens is 3. The predicted octanol–water partition coefficient (Wildman–Crippen LogP) is 4.12. The van der Waals surface area contributed by atoms with Gasteiger partial charge < -0.3 is 45.5 Å². The molecule has 10 nitrogen and oxygen atoms in total. The average Bonchev–Trinajstić information content (AvgIpc) is 2.96. The third-order valence-electron chi connectivity index (χ3n) is 5.46. The van der Waals surface area contributed by atoms with E-state index in [1.54, 1.807) is 67.8 Å². The fraction of sp³-hybridized carbons (Fsp3) is 0.0370. The molecular formula is C27H24B2Cl3N3O7S. The molecule has 0 atom stereocenters. The van der Waals surface area contributed by atoms with Crippen molar-refractivity contribution in [3.8, 4) is 11.5 Å². The van der Waals surface area contributed by atoms with Crippen molar-refractivity contribution in [1.29, 1.82) is 0 Å². The molecule has 7 N–H and O–H groups in total. The van der Waals surface area contributed by atoms with Gasteiger partial charge in [0.1, 0.15) is 11.5 Å². The number of para-hydroxylation sites is 1. The Hall–Kier alpha value is -3.52. The van der Waals surface area contributed by atoms with Crippen molar-refractivity contribution in [2.45, 2.75) is 0 Å². The van der Waals surface area contributed by atoms with Crippen molar-refractivity contribution in [3.63, 3.8) is 0 Å². The Kier molecular flexibility index (Phi) is 12.9. The highest BCUT2D eigenvalue weighted by atomic mass is 35.5. The molecule has 4 aromatic rings. The Morgan fingerprint density at radius 2 is 1.35 bits per heavy atom. The number of benzene rings is 4. The van der Waals surface area contributed by atoms with Crippen molar-refractivity contribution in [3.05, 3.63) is 100.0 Å². The lowest BCUT2D eigenvalue weighted by Gasteiger charge is -2.13. The van der Waals surface area contributed by atoms with E-state index in [4.69, 9.17) is 66.5 Å². The summed E-state index contributed by atoms with van der Waals surface area (Å²) in [5.41, 5.74) is 1.51. The number of carbonyl (C=O) groups is 1. The number of anilines is 3. The zero-order chi connectivity index (χ0) is 31.5. The van der Waals surface area contributed by atoms with Gasteiger partial charge in [0.15, 0.2) is 0 Å². The maximum atomic E-state index is 11.8. The molecule has 0 fully saturated rings. The van der Waals surface area contributed by atoms with Crippen LogP contribution in [0.5, 0.6) is 11.5 Å². The van der Waals surface area contributed by atoms with Gasteiger partial charge in [0.2, 0.25) is 0 Å². The van der Waals surface area contributed by atoms with Gasteiger partial charge in [-0.1, -0.05) is 65.1 Å². The molecule has 0 aromatic heterocycles. The van der Waals surface area contributed by atoms with Gasteiger partial charge in [-0.15, -0.1) is 0 Å². The van der Waals surface area contributed by atoms with Gasteiger partial charge in [-0.05, 0) is 66.8 Å². The standard InChI is InChI=1S/C14H12BCl2NO4S.C13H12BClN2O3/c1-21-8-2-4-9(5-3-8)22-14(23)18-13-6-10(15(19)20)11(16)7-12(13)17;15-12-10(14(19)20)7-4-8-11(12)17-13(18)16-9-5-2-1-3-6-9/h2-7,19-20H,1H3,(H,18,23);1-8,19-20H,(H2,16,17,18). The number of carbonyl (C=O) groups excluding carboxylic acids is 1. The normalized spacial score (nSPS) is 10.0. The highest BCUT2D eigenvalue weighted by Gasteiger charge is 2.19. The van der Waals surface area contributed by atoms with E-state index in [0.29, 0.717) is 28.6 Å². The molecule has 0 saturated heterocycles. The maximum Gasteiger partial charge on any atom is 0.490 e. The molecule has 2 amide bonds. The number of urea groups is 1. The summed E-state index contributed by atoms with van der Waals surface area (Å²) >= 11 is 23.0. The van der Waals surface area contributed by atoms with Crippen molar-refractivity contribution >= 4 is 100 Å². The highest BCUT2D eigenvalue weighted by molar-refractivity contribution is 7.80. The Morgan fingerprint density at radius 3 is 1.95 bits per heavy atom. The fourth-order valence-electron chi connectivity index (χ4n) is 3.40. The number of ether oxygens (including phenoxy) is 2. The number of rotatable bonds is 7. The lowest BCUT2D eigenvalue weighted by Crippen LogP contribution is -2.31. The molecule has 4 aromatic carbocycles. The molecule has 43 heavy (non-hydrogen) atoms. The van der Waals surface area contributed by atoms with Crippen LogP contribution in [0.2, 0.25) is 15.1 Å². The van der Waals surface area contributed by atoms with E-state index >= 15 is 0 Å². The third-order valence-corrected chi connectivity index (χ3v) is 6.71. The first-order valence-corrected chi connectivity index (χ1v) is 13.8. The Balaban J connectivity index is 0.000000238. The van der Waals surface area contributed by atoms with E-state index in [1.807, 2.05) is 6.07 Å². The van der Waals surface area contributed by atoms with Crippen LogP contribution < -0.4 is 36.3 Å². The first kappa shape index (κ1) is 34.0. The minimum absolute atomic E-state index is 0.0396. The van der Waals surface area contributed by atoms with Gasteiger partial charge in [-0.2, -0.15) is 0 Å². The van der Waals surface area contributed by atoms with E-state index < -0.39 is 20.3 Å². The molecule has 0 aliphatic rings. The second kappa shape index (κ2) is 16.4. The van der Waals surface area contributed by atoms with Crippen molar-refractivity contribution in [2.24, 2.45) is 0 Å². The Labute approximate surface area is 268 Å². The zero-order valence-electron chi connectivity index (χ0n) is 22.3. The van der Waals surface area contributed by atoms with Gasteiger partial charge in [0.05, 0.1) is 28.5 Å². The van der Waals surface area contributed by atoms with Crippen LogP contribution in [0.3, 0.4) is 0 Å². The summed E-state index contributed by atoms with van der Waals surface area (Å²) in [6.07, 6.45) is 0. The predicted molar refractivity (Wildman–Crippen MR) is 176 cm³/mol. The molecule has 0 bridgehead atoms. The maximum absolute atomic E-state index is 11.8. The minimum Gasteiger partial charge on any atom is -0.497 e. The van der Waals surface area contributed by atoms with Crippen LogP contribution in [-0.2, 0) is 0 Å². The van der Waals surface area contributed by atoms with Crippen molar-refractivity contribution < 1.29 is 34.4 Å². The quantitative estimate of drug-likeness (QED) is 0.115. The molecule has 0 aliphatic heterocycles. The van der Waals surface area contributed by atoms with Gasteiger partial charge in [-0.3, -0.25) is 0 Å². The number of hydrogen-bond acceptors (Lipinski definition) is 8. The summed E-state index contributed by atoms with van der Waals surface area (Å²) in [7, 11) is -1.85. The number of hydrogen-bond donors (Lipinski definition) is 7. The summed E-state index contributed by atoms with van der Waals surface area (Å²) in [5.74, 6) is 1.20. The molecule has 222 valence electrons. The highest BCUT2D eigenvalue weighted by Crippen LogP contribution is 2.25. The van der Waals surface area contributed by atoms with Crippen LogP contribution in [0.4, 0.5) is 21.9 Å². The van der Waals surface area contributed by atoms with Crippen LogP contribution >= 0.6 is 47.0 Å². The smallest absolute Gasteiger partial charge is 0.490 e. The largest absolute Gasteiger partial charge is 0.497 e. The third kappa shape index (κ3) is 10.3. The van der Waals surface area contributed by atoms with Crippen LogP contribution in [0, 0.1) is 0 Å². The molecule has 0 heterocycles. The van der Waals surface area contributed by atoms with E-state index in [2.05, 4.69) is 16.0 Å². The van der Waals surface area contributed by atoms with E-state index in [-0.39, 0.29) is 31.2 Å². The number of nitrogens with one attached hydrogen (secondary N) is 3. The average molecular weight is 663 g/mol. The van der Waals surface area contributed by atoms with Gasteiger partial charge in [-0.25, -0.2) is 4.79 Å². The molecule has 0 radical (unpaired) electrons. The van der Waals surface area contributed by atoms with Crippen molar-refractivity contribution in [1.82, 2.24) is 0 Å². The first-order chi connectivity index (χ1) is 20.5. The molecule has 16 heteroatoms. The second-order valence-corrected chi connectivity index (χ2v) is 10.0. The molecule has 0 saturated carbocycles. The van der Waals surface area contributed by atoms with Crippen molar-refractivity contribution in [2.75, 3.05) is 23.1 Å². The summed E-state index contributed by atoms with van der Waals surface area (Å²) in [5, 5.41) is 45.3. The Bertz CT molecular complexity index is 1550. The number of thiocarbonyl (C=S) groups is 1. The van der Waals surface area contributed by atoms with Gasteiger partial charge >= 0.3 is 20.3 Å². The summed E-state index contributed by atoms with van der Waals surface area (Å²) in [6.45, 7) is 0. The second-order valence-electron chi connectivity index (χ2n) is 8.44. The minimum atomic E-state index is -1.73. The number of amides is 2. The van der Waals surface area contributed by atoms with Crippen LogP contribution in [0.25, 0.3) is 0 Å². The number of methoxy groups -OCH3 is 1. The molecule has 0 aliphatic carbocycles. The van der Waals surface area contributed by atoms with Crippen LogP contribution in [0.15, 0.2) is 84.9 Å². The summed E-state index contributed by atoms with van der Waals surface area (Å²) < 4.78 is 10.5. The van der Waals surface area contributed by atoms with E-state index in [1.165, 1.54) is 18.2 Å². The lowest BCUT2D eigenvalue weighted by atomic mass is 9.80. The van der Waals surface area contributed by atoms with E-state index in [0.717, 1.165) is 0 Å². The summed E-state index contributed by atoms with van der Waals surface area (Å²) in [4.78, 5) is 11.8. The van der Waals surface area contributed by atoms with E-state index in [9.17, 15) is 14.8 Å². The Morgan fingerprint density at radius 1 is 0.721 bits per heavy atom. The van der Waals surface area contributed by atoms with Crippen LogP contribution in [-0.4, -0.2) is 52.6 Å². The van der Waals surface area contributed by atoms with Gasteiger partial charge in [0, 0.05) is 21.6 Å². The zero-order valence-corrected chi connectivity index (χ0v) is 25.4. The lowest BCUT2D eigenvalue weighted by molar-refractivity contribution is 0.262. The monoisotopic (exact) mass is 661 g/mol. The molecule has 0 spiro atoms. The topological polar surface area (TPSA) is 153 Å². The summed E-state index contributed by atoms with van der Waals surface area (Å²) in [6, 6.07) is 22.7. The fourth-order valence-corrected chi connectivity index (χ4v) is 4.40. The van der Waals surface area contributed by atoms with Gasteiger partial charge in [0.25, 0.3) is 5.17 Å². The molecular weight excluding hydrogens is 638 g/mol. The molecule has 4 rings (SSSR count). The first-order valence-electron chi connectivity index (χ1n) is 12.2.